The lowest BCUT2D eigenvalue weighted by Gasteiger charge is -2.09. The third kappa shape index (κ3) is 5.47. The van der Waals surface area contributed by atoms with Crippen LogP contribution in [0.25, 0.3) is 17.1 Å². The van der Waals surface area contributed by atoms with Crippen molar-refractivity contribution >= 4 is 28.9 Å². The summed E-state index contributed by atoms with van der Waals surface area (Å²) in [5.41, 5.74) is 3.02. The predicted octanol–water partition coefficient (Wildman–Crippen LogP) is 5.84. The molecule has 0 fully saturated rings. The maximum absolute atomic E-state index is 12.6. The molecule has 0 spiro atoms. The van der Waals surface area contributed by atoms with Crippen molar-refractivity contribution in [3.63, 3.8) is 0 Å². The van der Waals surface area contributed by atoms with E-state index in [-0.39, 0.29) is 28.4 Å². The number of carbonyl (C=O) groups is 1. The Morgan fingerprint density at radius 2 is 1.77 bits per heavy atom. The topological polar surface area (TPSA) is 112 Å². The molecule has 178 valence electrons. The number of aryl methyl sites for hydroxylation is 1. The van der Waals surface area contributed by atoms with E-state index >= 15 is 0 Å². The Balaban J connectivity index is 1.60. The largest absolute Gasteiger partial charge is 0.460 e. The fourth-order valence-electron chi connectivity index (χ4n) is 3.31. The zero-order chi connectivity index (χ0) is 25.1. The van der Waals surface area contributed by atoms with Gasteiger partial charge in [0, 0.05) is 22.9 Å². The third-order valence-corrected chi connectivity index (χ3v) is 5.33. The molecule has 0 aliphatic heterocycles. The van der Waals surface area contributed by atoms with Gasteiger partial charge in [0.25, 0.3) is 11.6 Å². The first kappa shape index (κ1) is 23.9. The molecule has 0 bridgehead atoms. The Bertz CT molecular complexity index is 1380. The van der Waals surface area contributed by atoms with E-state index < -0.39 is 10.8 Å². The van der Waals surface area contributed by atoms with Gasteiger partial charge < -0.3 is 10.1 Å². The monoisotopic (exact) mass is 491 g/mol. The molecule has 0 aliphatic carbocycles. The molecule has 10 heteroatoms. The van der Waals surface area contributed by atoms with Gasteiger partial charge in [-0.2, -0.15) is 4.98 Å². The van der Waals surface area contributed by atoms with E-state index in [4.69, 9.17) is 16.3 Å². The van der Waals surface area contributed by atoms with Crippen molar-refractivity contribution < 1.29 is 14.5 Å². The van der Waals surface area contributed by atoms with E-state index in [0.29, 0.717) is 17.2 Å². The van der Waals surface area contributed by atoms with E-state index in [9.17, 15) is 14.9 Å². The summed E-state index contributed by atoms with van der Waals surface area (Å²) < 4.78 is 7.38. The number of anilines is 1. The van der Waals surface area contributed by atoms with Gasteiger partial charge in [-0.15, -0.1) is 5.10 Å². The van der Waals surface area contributed by atoms with E-state index in [1.54, 1.807) is 28.9 Å². The maximum Gasteiger partial charge on any atom is 0.336 e. The second kappa shape index (κ2) is 9.94. The highest BCUT2D eigenvalue weighted by Crippen LogP contribution is 2.27. The average Bonchev–Trinajstić information content (AvgIpc) is 3.23. The summed E-state index contributed by atoms with van der Waals surface area (Å²) in [7, 11) is 0. The molecule has 0 saturated carbocycles. The molecule has 0 radical (unpaired) electrons. The van der Waals surface area contributed by atoms with E-state index in [0.717, 1.165) is 17.2 Å². The van der Waals surface area contributed by atoms with Gasteiger partial charge in [-0.05, 0) is 57.2 Å². The van der Waals surface area contributed by atoms with Crippen LogP contribution in [-0.4, -0.2) is 31.7 Å². The molecule has 3 aromatic carbocycles. The number of benzene rings is 3. The van der Waals surface area contributed by atoms with Crippen LogP contribution in [0.4, 0.5) is 11.4 Å². The van der Waals surface area contributed by atoms with Crippen LogP contribution in [-0.2, 0) is 0 Å². The summed E-state index contributed by atoms with van der Waals surface area (Å²) in [6, 6.07) is 19.1. The number of nitrogens with one attached hydrogen (secondary N) is 1. The average molecular weight is 492 g/mol. The number of nitro groups is 1. The van der Waals surface area contributed by atoms with Crippen molar-refractivity contribution in [2.75, 3.05) is 5.32 Å². The molecule has 1 aromatic heterocycles. The number of hydrogen-bond donors (Lipinski definition) is 1. The number of aromatic nitrogens is 3. The number of hydrogen-bond acceptors (Lipinski definition) is 6. The normalized spacial score (nSPS) is 10.9. The lowest BCUT2D eigenvalue weighted by molar-refractivity contribution is -0.384. The Labute approximate surface area is 206 Å². The number of amides is 1. The van der Waals surface area contributed by atoms with E-state index in [1.807, 2.05) is 45.0 Å². The van der Waals surface area contributed by atoms with Crippen molar-refractivity contribution in [1.82, 2.24) is 14.8 Å². The molecule has 9 nitrogen and oxygen atoms in total. The SMILES string of the molecule is Cc1ccc(-c2nc(OC(C)C)nn2-c2ccc(NC(=O)c3ccc(Cl)c([N+](=O)[O-])c3)cc2)cc1. The maximum atomic E-state index is 12.6. The molecule has 1 heterocycles. The van der Waals surface area contributed by atoms with Crippen LogP contribution in [0.15, 0.2) is 66.7 Å². The second-order valence-electron chi connectivity index (χ2n) is 8.09. The lowest BCUT2D eigenvalue weighted by Crippen LogP contribution is -2.12. The summed E-state index contributed by atoms with van der Waals surface area (Å²) in [5, 5.41) is 18.3. The van der Waals surface area contributed by atoms with Crippen LogP contribution in [0.2, 0.25) is 5.02 Å². The first-order chi connectivity index (χ1) is 16.7. The molecule has 4 aromatic rings. The second-order valence-corrected chi connectivity index (χ2v) is 8.49. The van der Waals surface area contributed by atoms with Crippen LogP contribution >= 0.6 is 11.6 Å². The molecule has 0 aliphatic rings. The number of nitrogens with zero attached hydrogens (tertiary/aromatic N) is 4. The Morgan fingerprint density at radius 3 is 2.40 bits per heavy atom. The molecule has 1 amide bonds. The number of ether oxygens (including phenoxy) is 1. The Morgan fingerprint density at radius 1 is 1.09 bits per heavy atom. The van der Waals surface area contributed by atoms with Crippen molar-refractivity contribution in [2.24, 2.45) is 0 Å². The van der Waals surface area contributed by atoms with Gasteiger partial charge in [0.15, 0.2) is 5.82 Å². The first-order valence-corrected chi connectivity index (χ1v) is 11.2. The Kier molecular flexibility index (Phi) is 6.79. The van der Waals surface area contributed by atoms with Crippen molar-refractivity contribution in [3.05, 3.63) is 93.0 Å². The molecule has 0 saturated heterocycles. The fraction of sp³-hybridized carbons (Fsp3) is 0.160. The van der Waals surface area contributed by atoms with Crippen LogP contribution in [0.1, 0.15) is 29.8 Å². The minimum atomic E-state index is -0.630. The van der Waals surface area contributed by atoms with Gasteiger partial charge in [0.05, 0.1) is 16.7 Å². The van der Waals surface area contributed by atoms with Gasteiger partial charge in [-0.3, -0.25) is 14.9 Å². The quantitative estimate of drug-likeness (QED) is 0.256. The van der Waals surface area contributed by atoms with Gasteiger partial charge in [0.2, 0.25) is 0 Å². The van der Waals surface area contributed by atoms with Crippen molar-refractivity contribution in [2.45, 2.75) is 26.9 Å². The van der Waals surface area contributed by atoms with Crippen LogP contribution in [0.5, 0.6) is 6.01 Å². The number of nitro benzene ring substituents is 1. The van der Waals surface area contributed by atoms with Crippen LogP contribution in [0.3, 0.4) is 0 Å². The number of carbonyl (C=O) groups excluding carboxylic acids is 1. The Hall–Kier alpha value is -4.24. The minimum absolute atomic E-state index is 0.0334. The minimum Gasteiger partial charge on any atom is -0.460 e. The highest BCUT2D eigenvalue weighted by atomic mass is 35.5. The summed E-state index contributed by atoms with van der Waals surface area (Å²) in [6.07, 6.45) is -0.0852. The molecule has 1 N–H and O–H groups in total. The molecular formula is C25H22ClN5O4. The van der Waals surface area contributed by atoms with Crippen molar-refractivity contribution in [3.8, 4) is 23.1 Å². The van der Waals surface area contributed by atoms with Gasteiger partial charge in [-0.25, -0.2) is 4.68 Å². The van der Waals surface area contributed by atoms with Crippen LogP contribution in [0, 0.1) is 17.0 Å². The highest BCUT2D eigenvalue weighted by Gasteiger charge is 2.18. The lowest BCUT2D eigenvalue weighted by atomic mass is 10.1. The predicted molar refractivity (Wildman–Crippen MR) is 133 cm³/mol. The number of rotatable bonds is 7. The van der Waals surface area contributed by atoms with Crippen molar-refractivity contribution in [1.29, 1.82) is 0 Å². The van der Waals surface area contributed by atoms with Gasteiger partial charge >= 0.3 is 6.01 Å². The van der Waals surface area contributed by atoms with E-state index in [1.165, 1.54) is 12.1 Å². The third-order valence-electron chi connectivity index (χ3n) is 5.01. The van der Waals surface area contributed by atoms with Crippen LogP contribution < -0.4 is 10.1 Å². The highest BCUT2D eigenvalue weighted by molar-refractivity contribution is 6.32. The van der Waals surface area contributed by atoms with E-state index in [2.05, 4.69) is 15.4 Å². The standard InChI is InChI=1S/C25H22ClN5O4/c1-15(2)35-25-28-23(17-6-4-16(3)5-7-17)30(29-25)20-11-9-19(10-12-20)27-24(32)18-8-13-21(26)22(14-18)31(33)34/h4-15H,1-3H3,(H,27,32). The first-order valence-electron chi connectivity index (χ1n) is 10.8. The smallest absolute Gasteiger partial charge is 0.336 e. The summed E-state index contributed by atoms with van der Waals surface area (Å²) >= 11 is 5.83. The van der Waals surface area contributed by atoms with Gasteiger partial charge in [-0.1, -0.05) is 41.4 Å². The molecular weight excluding hydrogens is 470 g/mol. The zero-order valence-electron chi connectivity index (χ0n) is 19.2. The fourth-order valence-corrected chi connectivity index (χ4v) is 3.49. The van der Waals surface area contributed by atoms with Gasteiger partial charge in [0.1, 0.15) is 5.02 Å². The number of halogens is 1. The summed E-state index contributed by atoms with van der Waals surface area (Å²) in [6.45, 7) is 5.81. The molecule has 35 heavy (non-hydrogen) atoms. The summed E-state index contributed by atoms with van der Waals surface area (Å²) in [5.74, 6) is 0.122. The zero-order valence-corrected chi connectivity index (χ0v) is 20.0. The summed E-state index contributed by atoms with van der Waals surface area (Å²) in [4.78, 5) is 27.6. The molecule has 0 atom stereocenters. The molecule has 0 unspecified atom stereocenters. The molecule has 4 rings (SSSR count).